The van der Waals surface area contributed by atoms with Gasteiger partial charge in [0.25, 0.3) is 0 Å². The van der Waals surface area contributed by atoms with Crippen LogP contribution in [-0.4, -0.2) is 27.3 Å². The smallest absolute Gasteiger partial charge is 0.230 e. The predicted octanol–water partition coefficient (Wildman–Crippen LogP) is 1.67. The van der Waals surface area contributed by atoms with Crippen LogP contribution >= 0.6 is 11.8 Å². The van der Waals surface area contributed by atoms with Gasteiger partial charge in [0.1, 0.15) is 0 Å². The Morgan fingerprint density at radius 3 is 2.75 bits per heavy atom. The molecule has 5 heteroatoms. The molecule has 4 nitrogen and oxygen atoms in total. The summed E-state index contributed by atoms with van der Waals surface area (Å²) in [5.41, 5.74) is 0. The Morgan fingerprint density at radius 1 is 1.56 bits per heavy atom. The first-order valence-corrected chi connectivity index (χ1v) is 6.38. The van der Waals surface area contributed by atoms with Gasteiger partial charge in [-0.25, -0.2) is 4.98 Å². The van der Waals surface area contributed by atoms with Gasteiger partial charge >= 0.3 is 0 Å². The fraction of sp³-hybridized carbons (Fsp3) is 0.636. The van der Waals surface area contributed by atoms with Gasteiger partial charge in [0.05, 0.1) is 5.75 Å². The molecule has 0 spiro atoms. The number of hydrogen-bond donors (Lipinski definition) is 1. The van der Waals surface area contributed by atoms with Gasteiger partial charge in [-0.15, -0.1) is 0 Å². The Balaban J connectivity index is 2.33. The van der Waals surface area contributed by atoms with Gasteiger partial charge in [0.2, 0.25) is 5.91 Å². The van der Waals surface area contributed by atoms with Crippen LogP contribution in [0.3, 0.4) is 0 Å². The molecular formula is C11H19N3OS. The zero-order valence-electron chi connectivity index (χ0n) is 10.2. The van der Waals surface area contributed by atoms with Crippen molar-refractivity contribution in [3.05, 3.63) is 12.4 Å². The Labute approximate surface area is 101 Å². The van der Waals surface area contributed by atoms with E-state index in [1.807, 2.05) is 24.7 Å². The number of aromatic nitrogens is 2. The third-order valence-electron chi connectivity index (χ3n) is 2.50. The molecule has 0 aliphatic heterocycles. The highest BCUT2D eigenvalue weighted by Crippen LogP contribution is 2.13. The van der Waals surface area contributed by atoms with E-state index in [4.69, 9.17) is 0 Å². The first-order valence-electron chi connectivity index (χ1n) is 5.40. The van der Waals surface area contributed by atoms with E-state index in [2.05, 4.69) is 24.1 Å². The molecule has 1 atom stereocenters. The summed E-state index contributed by atoms with van der Waals surface area (Å²) < 4.78 is 1.91. The molecule has 0 bridgehead atoms. The molecule has 1 aromatic heterocycles. The topological polar surface area (TPSA) is 46.9 Å². The molecule has 16 heavy (non-hydrogen) atoms. The summed E-state index contributed by atoms with van der Waals surface area (Å²) in [7, 11) is 1.92. The van der Waals surface area contributed by atoms with Crippen molar-refractivity contribution < 1.29 is 4.79 Å². The van der Waals surface area contributed by atoms with Gasteiger partial charge < -0.3 is 9.88 Å². The van der Waals surface area contributed by atoms with Crippen molar-refractivity contribution in [2.24, 2.45) is 13.0 Å². The van der Waals surface area contributed by atoms with Crippen LogP contribution in [0.15, 0.2) is 17.6 Å². The predicted molar refractivity (Wildman–Crippen MR) is 66.4 cm³/mol. The van der Waals surface area contributed by atoms with Gasteiger partial charge in [-0.05, 0) is 12.8 Å². The lowest BCUT2D eigenvalue weighted by atomic mass is 10.1. The van der Waals surface area contributed by atoms with Gasteiger partial charge in [0.15, 0.2) is 5.16 Å². The summed E-state index contributed by atoms with van der Waals surface area (Å²) in [4.78, 5) is 15.7. The van der Waals surface area contributed by atoms with Crippen molar-refractivity contribution in [3.63, 3.8) is 0 Å². The SMILES string of the molecule is CC(C)C(C)NC(=O)CSc1nccn1C. The van der Waals surface area contributed by atoms with E-state index >= 15 is 0 Å². The largest absolute Gasteiger partial charge is 0.353 e. The number of carbonyl (C=O) groups is 1. The van der Waals surface area contributed by atoms with Crippen LogP contribution in [0.5, 0.6) is 0 Å². The molecule has 0 saturated carbocycles. The van der Waals surface area contributed by atoms with Gasteiger partial charge in [-0.3, -0.25) is 4.79 Å². The van der Waals surface area contributed by atoms with Crippen molar-refractivity contribution in [2.45, 2.75) is 32.0 Å². The molecule has 0 aliphatic rings. The lowest BCUT2D eigenvalue weighted by molar-refractivity contribution is -0.119. The molecule has 0 fully saturated rings. The molecule has 90 valence electrons. The number of thioether (sulfide) groups is 1. The van der Waals surface area contributed by atoms with Crippen LogP contribution in [0.2, 0.25) is 0 Å². The van der Waals surface area contributed by atoms with E-state index < -0.39 is 0 Å². The van der Waals surface area contributed by atoms with Crippen molar-refractivity contribution in [2.75, 3.05) is 5.75 Å². The fourth-order valence-electron chi connectivity index (χ4n) is 1.08. The minimum absolute atomic E-state index is 0.0641. The van der Waals surface area contributed by atoms with Crippen LogP contribution in [0.4, 0.5) is 0 Å². The minimum Gasteiger partial charge on any atom is -0.353 e. The third-order valence-corrected chi connectivity index (χ3v) is 3.56. The van der Waals surface area contributed by atoms with Gasteiger partial charge in [-0.1, -0.05) is 25.6 Å². The molecule has 0 radical (unpaired) electrons. The molecule has 1 heterocycles. The monoisotopic (exact) mass is 241 g/mol. The van der Waals surface area contributed by atoms with Crippen LogP contribution in [-0.2, 0) is 11.8 Å². The zero-order valence-corrected chi connectivity index (χ0v) is 11.0. The fourth-order valence-corrected chi connectivity index (χ4v) is 1.83. The second-order valence-corrected chi connectivity index (χ2v) is 5.15. The van der Waals surface area contributed by atoms with E-state index in [1.54, 1.807) is 6.20 Å². The molecule has 1 unspecified atom stereocenters. The highest BCUT2D eigenvalue weighted by atomic mass is 32.2. The van der Waals surface area contributed by atoms with Gasteiger partial charge in [0, 0.05) is 25.5 Å². The van der Waals surface area contributed by atoms with E-state index in [9.17, 15) is 4.79 Å². The molecule has 1 N–H and O–H groups in total. The van der Waals surface area contributed by atoms with E-state index in [0.29, 0.717) is 11.7 Å². The van der Waals surface area contributed by atoms with E-state index in [-0.39, 0.29) is 11.9 Å². The number of nitrogens with zero attached hydrogens (tertiary/aromatic N) is 2. The number of rotatable bonds is 5. The summed E-state index contributed by atoms with van der Waals surface area (Å²) in [6.07, 6.45) is 3.61. The molecule has 1 rings (SSSR count). The Kier molecular flexibility index (Phi) is 4.86. The van der Waals surface area contributed by atoms with Crippen LogP contribution in [0.1, 0.15) is 20.8 Å². The third kappa shape index (κ3) is 3.89. The number of amides is 1. The lowest BCUT2D eigenvalue weighted by Gasteiger charge is -2.17. The van der Waals surface area contributed by atoms with Crippen molar-refractivity contribution in [3.8, 4) is 0 Å². The summed E-state index contributed by atoms with van der Waals surface area (Å²) in [5, 5.41) is 3.83. The molecule has 0 aliphatic carbocycles. The van der Waals surface area contributed by atoms with Crippen molar-refractivity contribution in [1.29, 1.82) is 0 Å². The van der Waals surface area contributed by atoms with Crippen LogP contribution in [0.25, 0.3) is 0 Å². The quantitative estimate of drug-likeness (QED) is 0.798. The molecule has 0 aromatic carbocycles. The Morgan fingerprint density at radius 2 is 2.25 bits per heavy atom. The van der Waals surface area contributed by atoms with Crippen LogP contribution in [0, 0.1) is 5.92 Å². The van der Waals surface area contributed by atoms with Crippen molar-refractivity contribution in [1.82, 2.24) is 14.9 Å². The number of nitrogens with one attached hydrogen (secondary N) is 1. The Hall–Kier alpha value is -0.970. The summed E-state index contributed by atoms with van der Waals surface area (Å²) in [6, 6.07) is 0.217. The molecule has 0 saturated heterocycles. The molecule has 1 aromatic rings. The Bertz CT molecular complexity index is 349. The molecular weight excluding hydrogens is 222 g/mol. The number of imidazole rings is 1. The average Bonchev–Trinajstić information content (AvgIpc) is 2.61. The lowest BCUT2D eigenvalue weighted by Crippen LogP contribution is -2.37. The van der Waals surface area contributed by atoms with Crippen molar-refractivity contribution >= 4 is 17.7 Å². The maximum Gasteiger partial charge on any atom is 0.230 e. The summed E-state index contributed by atoms with van der Waals surface area (Å²) >= 11 is 1.46. The number of aryl methyl sites for hydroxylation is 1. The highest BCUT2D eigenvalue weighted by Gasteiger charge is 2.11. The van der Waals surface area contributed by atoms with E-state index in [1.165, 1.54) is 11.8 Å². The summed E-state index contributed by atoms with van der Waals surface area (Å²) in [5.74, 6) is 0.943. The number of hydrogen-bond acceptors (Lipinski definition) is 3. The summed E-state index contributed by atoms with van der Waals surface area (Å²) in [6.45, 7) is 6.21. The second kappa shape index (κ2) is 5.94. The maximum absolute atomic E-state index is 11.6. The van der Waals surface area contributed by atoms with Gasteiger partial charge in [-0.2, -0.15) is 0 Å². The molecule has 1 amide bonds. The average molecular weight is 241 g/mol. The second-order valence-electron chi connectivity index (χ2n) is 4.21. The zero-order chi connectivity index (χ0) is 12.1. The normalized spacial score (nSPS) is 12.8. The maximum atomic E-state index is 11.6. The first kappa shape index (κ1) is 13.1. The number of carbonyl (C=O) groups excluding carboxylic acids is 1. The van der Waals surface area contributed by atoms with Crippen LogP contribution < -0.4 is 5.32 Å². The minimum atomic E-state index is 0.0641. The first-order chi connectivity index (χ1) is 7.50. The highest BCUT2D eigenvalue weighted by molar-refractivity contribution is 7.99. The van der Waals surface area contributed by atoms with E-state index in [0.717, 1.165) is 5.16 Å². The standard InChI is InChI=1S/C11H19N3OS/c1-8(2)9(3)13-10(15)7-16-11-12-5-6-14(11)4/h5-6,8-9H,7H2,1-4H3,(H,13,15).